The first-order valence-electron chi connectivity index (χ1n) is 9.57. The third-order valence-corrected chi connectivity index (χ3v) is 5.51. The van der Waals surface area contributed by atoms with Crippen LogP contribution in [0.3, 0.4) is 0 Å². The van der Waals surface area contributed by atoms with E-state index >= 15 is 0 Å². The molecule has 5 rings (SSSR count). The lowest BCUT2D eigenvalue weighted by atomic mass is 9.97. The van der Waals surface area contributed by atoms with E-state index in [1.54, 1.807) is 25.2 Å². The van der Waals surface area contributed by atoms with Crippen LogP contribution in [0.4, 0.5) is 5.69 Å². The van der Waals surface area contributed by atoms with E-state index in [1.807, 2.05) is 18.2 Å². The van der Waals surface area contributed by atoms with Gasteiger partial charge >= 0.3 is 0 Å². The number of anilines is 1. The first-order chi connectivity index (χ1) is 14.9. The molecule has 10 heteroatoms. The molecular formula is C21H18N6O4. The Hall–Kier alpha value is -4.05. The van der Waals surface area contributed by atoms with E-state index in [-0.39, 0.29) is 23.3 Å². The molecule has 1 saturated heterocycles. The molecule has 0 bridgehead atoms. The summed E-state index contributed by atoms with van der Waals surface area (Å²) in [6.07, 6.45) is 1.52. The number of aromatic nitrogens is 4. The molecule has 0 aliphatic carbocycles. The highest BCUT2D eigenvalue weighted by molar-refractivity contribution is 5.89. The molecule has 4 aromatic rings. The Morgan fingerprint density at radius 1 is 1.16 bits per heavy atom. The number of aliphatic hydroxyl groups is 1. The van der Waals surface area contributed by atoms with Crippen molar-refractivity contribution in [3.8, 4) is 22.5 Å². The van der Waals surface area contributed by atoms with Crippen LogP contribution in [0.5, 0.6) is 0 Å². The number of pyridine rings is 1. The van der Waals surface area contributed by atoms with Gasteiger partial charge in [-0.1, -0.05) is 23.4 Å². The van der Waals surface area contributed by atoms with E-state index in [0.717, 1.165) is 0 Å². The first kappa shape index (κ1) is 18.9. The number of nitrogens with two attached hydrogens (primary N) is 1. The summed E-state index contributed by atoms with van der Waals surface area (Å²) in [5.74, 6) is -0.313. The van der Waals surface area contributed by atoms with E-state index in [2.05, 4.69) is 20.1 Å². The van der Waals surface area contributed by atoms with Crippen LogP contribution in [0.2, 0.25) is 0 Å². The lowest BCUT2D eigenvalue weighted by molar-refractivity contribution is -0.144. The lowest BCUT2D eigenvalue weighted by Crippen LogP contribution is -2.35. The Morgan fingerprint density at radius 3 is 2.68 bits per heavy atom. The van der Waals surface area contributed by atoms with Gasteiger partial charge in [0.05, 0.1) is 17.7 Å². The summed E-state index contributed by atoms with van der Waals surface area (Å²) in [6.45, 7) is 0.434. The summed E-state index contributed by atoms with van der Waals surface area (Å²) in [4.78, 5) is 36.9. The van der Waals surface area contributed by atoms with Gasteiger partial charge in [-0.25, -0.2) is 9.97 Å². The fourth-order valence-corrected chi connectivity index (χ4v) is 3.75. The molecular weight excluding hydrogens is 400 g/mol. The predicted molar refractivity (Wildman–Crippen MR) is 112 cm³/mol. The Balaban J connectivity index is 1.55. The van der Waals surface area contributed by atoms with E-state index in [1.165, 1.54) is 11.2 Å². The lowest BCUT2D eigenvalue weighted by Gasteiger charge is -2.16. The molecule has 0 saturated carbocycles. The second-order valence-electron chi connectivity index (χ2n) is 7.52. The molecule has 1 fully saturated rings. The highest BCUT2D eigenvalue weighted by atomic mass is 16.5. The van der Waals surface area contributed by atoms with Gasteiger partial charge < -0.3 is 25.2 Å². The summed E-state index contributed by atoms with van der Waals surface area (Å²) in [6, 6.07) is 10.5. The van der Waals surface area contributed by atoms with Gasteiger partial charge in [-0.2, -0.15) is 0 Å². The highest BCUT2D eigenvalue weighted by Crippen LogP contribution is 2.35. The number of hydrogen-bond donors (Lipinski definition) is 3. The number of benzene rings is 1. The minimum absolute atomic E-state index is 0.105. The van der Waals surface area contributed by atoms with Gasteiger partial charge in [0, 0.05) is 37.2 Å². The summed E-state index contributed by atoms with van der Waals surface area (Å²) in [7, 11) is 1.63. The van der Waals surface area contributed by atoms with Crippen molar-refractivity contribution in [2.45, 2.75) is 12.0 Å². The quantitative estimate of drug-likeness (QED) is 0.450. The van der Waals surface area contributed by atoms with Crippen molar-refractivity contribution in [2.24, 2.45) is 0 Å². The van der Waals surface area contributed by atoms with E-state index < -0.39 is 11.5 Å². The van der Waals surface area contributed by atoms with E-state index in [0.29, 0.717) is 40.3 Å². The van der Waals surface area contributed by atoms with Crippen LogP contribution < -0.4 is 11.3 Å². The van der Waals surface area contributed by atoms with Crippen LogP contribution >= 0.6 is 0 Å². The standard InChI is InChI=1S/C21H18N6O4/c1-27-6-5-21(30,20(27)29)16-9-15(26-31-16)12-4-2-3-11(7-12)14-8-13(22)17-18(25-14)19(28)24-10-23-17/h2-4,7-10,30H,5-6H2,1H3,(H2,22,25)(H,23,24,28)/t21-/m1/s1. The molecule has 0 radical (unpaired) electrons. The second-order valence-corrected chi connectivity index (χ2v) is 7.52. The number of likely N-dealkylation sites (tertiary alicyclic amines) is 1. The van der Waals surface area contributed by atoms with Gasteiger partial charge in [-0.15, -0.1) is 0 Å². The molecule has 1 amide bonds. The van der Waals surface area contributed by atoms with E-state index in [4.69, 9.17) is 10.3 Å². The molecule has 1 aliphatic rings. The fourth-order valence-electron chi connectivity index (χ4n) is 3.75. The summed E-state index contributed by atoms with van der Waals surface area (Å²) in [5.41, 5.74) is 7.17. The molecule has 0 unspecified atom stereocenters. The maximum absolute atomic E-state index is 12.3. The number of nitrogens with zero attached hydrogens (tertiary/aromatic N) is 4. The van der Waals surface area contributed by atoms with Gasteiger partial charge in [-0.3, -0.25) is 9.59 Å². The van der Waals surface area contributed by atoms with Crippen molar-refractivity contribution in [1.82, 2.24) is 25.0 Å². The molecule has 0 spiro atoms. The Morgan fingerprint density at radius 2 is 1.94 bits per heavy atom. The summed E-state index contributed by atoms with van der Waals surface area (Å²) < 4.78 is 5.33. The number of H-pyrrole nitrogens is 1. The van der Waals surface area contributed by atoms with Gasteiger partial charge in [0.25, 0.3) is 11.5 Å². The number of amides is 1. The Kier molecular flexibility index (Phi) is 4.12. The molecule has 1 aliphatic heterocycles. The van der Waals surface area contributed by atoms with E-state index in [9.17, 15) is 14.7 Å². The number of carbonyl (C=O) groups excluding carboxylic acids is 1. The maximum atomic E-state index is 12.3. The zero-order chi connectivity index (χ0) is 21.8. The number of nitrogens with one attached hydrogen (secondary N) is 1. The van der Waals surface area contributed by atoms with Gasteiger partial charge in [0.1, 0.15) is 11.2 Å². The van der Waals surface area contributed by atoms with Crippen LogP contribution in [0, 0.1) is 0 Å². The third kappa shape index (κ3) is 2.96. The zero-order valence-electron chi connectivity index (χ0n) is 16.5. The van der Waals surface area contributed by atoms with Crippen molar-refractivity contribution in [1.29, 1.82) is 0 Å². The number of aromatic amines is 1. The number of likely N-dealkylation sites (N-methyl/N-ethyl adjacent to an activating group) is 1. The molecule has 31 heavy (non-hydrogen) atoms. The maximum Gasteiger partial charge on any atom is 0.277 e. The average Bonchev–Trinajstić information content (AvgIpc) is 3.37. The molecule has 1 atom stereocenters. The first-order valence-corrected chi connectivity index (χ1v) is 9.57. The minimum atomic E-state index is -1.71. The topological polar surface area (TPSA) is 151 Å². The van der Waals surface area contributed by atoms with Gasteiger partial charge in [0.15, 0.2) is 11.3 Å². The number of hydrogen-bond acceptors (Lipinski definition) is 8. The number of nitrogen functional groups attached to an aromatic ring is 1. The third-order valence-electron chi connectivity index (χ3n) is 5.51. The normalized spacial score (nSPS) is 18.8. The Labute approximate surface area is 175 Å². The monoisotopic (exact) mass is 418 g/mol. The highest BCUT2D eigenvalue weighted by Gasteiger charge is 2.48. The summed E-state index contributed by atoms with van der Waals surface area (Å²) in [5, 5.41) is 14.8. The van der Waals surface area contributed by atoms with Crippen LogP contribution in [0.15, 0.2) is 52.0 Å². The van der Waals surface area contributed by atoms with Crippen molar-refractivity contribution in [3.05, 3.63) is 58.8 Å². The van der Waals surface area contributed by atoms with Crippen molar-refractivity contribution < 1.29 is 14.4 Å². The van der Waals surface area contributed by atoms with Crippen molar-refractivity contribution >= 4 is 22.6 Å². The molecule has 4 heterocycles. The largest absolute Gasteiger partial charge is 0.397 e. The van der Waals surface area contributed by atoms with Crippen LogP contribution in [0.1, 0.15) is 12.2 Å². The minimum Gasteiger partial charge on any atom is -0.397 e. The zero-order valence-corrected chi connectivity index (χ0v) is 16.5. The SMILES string of the molecule is CN1CC[C@@](O)(c2cc(-c3cccc(-c4cc(N)c5nc[nH]c(=O)c5n4)c3)no2)C1=O. The smallest absolute Gasteiger partial charge is 0.277 e. The molecule has 10 nitrogen and oxygen atoms in total. The van der Waals surface area contributed by atoms with Crippen LogP contribution in [-0.2, 0) is 10.4 Å². The molecule has 1 aromatic carbocycles. The summed E-state index contributed by atoms with van der Waals surface area (Å²) >= 11 is 0. The molecule has 3 aromatic heterocycles. The average molecular weight is 418 g/mol. The molecule has 156 valence electrons. The van der Waals surface area contributed by atoms with Gasteiger partial charge in [-0.05, 0) is 12.1 Å². The van der Waals surface area contributed by atoms with Gasteiger partial charge in [0.2, 0.25) is 5.60 Å². The molecule has 4 N–H and O–H groups in total. The predicted octanol–water partition coefficient (Wildman–Crippen LogP) is 1.27. The Bertz CT molecular complexity index is 1390. The number of fused-ring (bicyclic) bond motifs is 1. The fraction of sp³-hybridized carbons (Fsp3) is 0.190. The van der Waals surface area contributed by atoms with Crippen LogP contribution in [0.25, 0.3) is 33.5 Å². The van der Waals surface area contributed by atoms with Crippen molar-refractivity contribution in [2.75, 3.05) is 19.3 Å². The number of carbonyl (C=O) groups is 1. The van der Waals surface area contributed by atoms with Crippen LogP contribution in [-0.4, -0.2) is 49.6 Å². The number of rotatable bonds is 3. The van der Waals surface area contributed by atoms with Crippen molar-refractivity contribution in [3.63, 3.8) is 0 Å². The second kappa shape index (κ2) is 6.74.